The summed E-state index contributed by atoms with van der Waals surface area (Å²) in [6.45, 7) is 7.85. The Labute approximate surface area is 210 Å². The van der Waals surface area contributed by atoms with Crippen LogP contribution in [0.4, 0.5) is 5.95 Å². The van der Waals surface area contributed by atoms with Crippen molar-refractivity contribution in [2.75, 3.05) is 11.3 Å². The molecule has 9 nitrogen and oxygen atoms in total. The van der Waals surface area contributed by atoms with Crippen LogP contribution in [0.2, 0.25) is 0 Å². The van der Waals surface area contributed by atoms with Gasteiger partial charge in [0.1, 0.15) is 18.2 Å². The molecule has 0 saturated carbocycles. The fourth-order valence-corrected chi connectivity index (χ4v) is 5.22. The summed E-state index contributed by atoms with van der Waals surface area (Å²) in [5, 5.41) is 13.0. The topological polar surface area (TPSA) is 134 Å². The number of amides is 1. The van der Waals surface area contributed by atoms with Gasteiger partial charge in [-0.15, -0.1) is 0 Å². The van der Waals surface area contributed by atoms with Crippen LogP contribution in [0.25, 0.3) is 11.3 Å². The van der Waals surface area contributed by atoms with Crippen molar-refractivity contribution in [2.24, 2.45) is 5.92 Å². The van der Waals surface area contributed by atoms with Gasteiger partial charge in [0.2, 0.25) is 11.8 Å². The van der Waals surface area contributed by atoms with Crippen LogP contribution in [-0.4, -0.2) is 36.9 Å². The van der Waals surface area contributed by atoms with E-state index < -0.39 is 22.0 Å². The lowest BCUT2D eigenvalue weighted by atomic mass is 9.97. The monoisotopic (exact) mass is 505 g/mol. The van der Waals surface area contributed by atoms with Gasteiger partial charge < -0.3 is 10.1 Å². The van der Waals surface area contributed by atoms with Gasteiger partial charge >= 0.3 is 0 Å². The molecule has 1 amide bonds. The number of ether oxygens (including phenoxy) is 1. The smallest absolute Gasteiger partial charge is 0.264 e. The van der Waals surface area contributed by atoms with E-state index in [9.17, 15) is 18.5 Å². The van der Waals surface area contributed by atoms with E-state index in [0.717, 1.165) is 11.1 Å². The molecular weight excluding hydrogens is 478 g/mol. The van der Waals surface area contributed by atoms with Crippen molar-refractivity contribution in [2.45, 2.75) is 45.1 Å². The predicted octanol–water partition coefficient (Wildman–Crippen LogP) is 3.97. The van der Waals surface area contributed by atoms with Gasteiger partial charge in [-0.3, -0.25) is 4.79 Å². The molecular formula is C26H27N5O4S. The number of aryl methyl sites for hydroxylation is 2. The van der Waals surface area contributed by atoms with Crippen LogP contribution in [-0.2, 0) is 10.0 Å². The lowest BCUT2D eigenvalue weighted by Gasteiger charge is -2.21. The SMILES string of the molecule is Cc1cccc(C)c1-c1nc2nc(c1C#N)OC[C@@H](CC(C)C)NC(=O)c1cccc(c1)S(=O)(=O)N2. The van der Waals surface area contributed by atoms with E-state index >= 15 is 0 Å². The number of carbonyl (C=O) groups excluding carboxylic acids is 1. The normalized spacial score (nSPS) is 16.9. The summed E-state index contributed by atoms with van der Waals surface area (Å²) in [7, 11) is -4.15. The molecule has 3 aromatic rings. The van der Waals surface area contributed by atoms with Crippen molar-refractivity contribution < 1.29 is 17.9 Å². The molecule has 0 spiro atoms. The number of nitrogens with zero attached hydrogens (tertiary/aromatic N) is 3. The highest BCUT2D eigenvalue weighted by atomic mass is 32.2. The van der Waals surface area contributed by atoms with E-state index in [1.807, 2.05) is 45.9 Å². The minimum Gasteiger partial charge on any atom is -0.474 e. The minimum atomic E-state index is -4.15. The molecule has 1 aliphatic rings. The van der Waals surface area contributed by atoms with Gasteiger partial charge in [-0.1, -0.05) is 38.1 Å². The van der Waals surface area contributed by atoms with Crippen molar-refractivity contribution >= 4 is 21.9 Å². The second-order valence-corrected chi connectivity index (χ2v) is 10.9. The van der Waals surface area contributed by atoms with Gasteiger partial charge in [-0.05, 0) is 55.5 Å². The van der Waals surface area contributed by atoms with Crippen LogP contribution >= 0.6 is 0 Å². The maximum atomic E-state index is 13.2. The summed E-state index contributed by atoms with van der Waals surface area (Å²) >= 11 is 0. The van der Waals surface area contributed by atoms with Crippen molar-refractivity contribution in [3.05, 3.63) is 64.7 Å². The fourth-order valence-electron chi connectivity index (χ4n) is 4.23. The molecule has 36 heavy (non-hydrogen) atoms. The van der Waals surface area contributed by atoms with Gasteiger partial charge in [0.15, 0.2) is 0 Å². The predicted molar refractivity (Wildman–Crippen MR) is 135 cm³/mol. The zero-order valence-electron chi connectivity index (χ0n) is 20.5. The zero-order valence-corrected chi connectivity index (χ0v) is 21.3. The van der Waals surface area contributed by atoms with Crippen molar-refractivity contribution in [1.82, 2.24) is 15.3 Å². The van der Waals surface area contributed by atoms with Crippen molar-refractivity contribution in [3.63, 3.8) is 0 Å². The number of hydrogen-bond acceptors (Lipinski definition) is 7. The van der Waals surface area contributed by atoms with Gasteiger partial charge in [0, 0.05) is 11.1 Å². The number of fused-ring (bicyclic) bond motifs is 4. The second-order valence-electron chi connectivity index (χ2n) is 9.20. The van der Waals surface area contributed by atoms with Crippen LogP contribution in [0, 0.1) is 31.1 Å². The van der Waals surface area contributed by atoms with Crippen LogP contribution in [0.5, 0.6) is 5.88 Å². The molecule has 0 aliphatic carbocycles. The Morgan fingerprint density at radius 2 is 1.83 bits per heavy atom. The Morgan fingerprint density at radius 3 is 2.50 bits per heavy atom. The first-order valence-electron chi connectivity index (χ1n) is 11.5. The number of rotatable bonds is 3. The van der Waals surface area contributed by atoms with Crippen LogP contribution in [0.15, 0.2) is 47.4 Å². The lowest BCUT2D eigenvalue weighted by Crippen LogP contribution is -2.40. The Morgan fingerprint density at radius 1 is 1.14 bits per heavy atom. The summed E-state index contributed by atoms with van der Waals surface area (Å²) in [5.74, 6) is -0.470. The summed E-state index contributed by atoms with van der Waals surface area (Å²) in [5.41, 5.74) is 2.97. The summed E-state index contributed by atoms with van der Waals surface area (Å²) in [6, 6.07) is 13.1. The van der Waals surface area contributed by atoms with Gasteiger partial charge in [-0.25, -0.2) is 18.1 Å². The number of hydrogen-bond donors (Lipinski definition) is 2. The summed E-state index contributed by atoms with van der Waals surface area (Å²) in [4.78, 5) is 21.5. The Bertz CT molecular complexity index is 1460. The third-order valence-electron chi connectivity index (χ3n) is 5.85. The molecule has 1 aliphatic heterocycles. The number of nitriles is 1. The van der Waals surface area contributed by atoms with E-state index in [1.54, 1.807) is 6.07 Å². The number of benzene rings is 2. The number of carbonyl (C=O) groups is 1. The molecule has 0 unspecified atom stereocenters. The maximum absolute atomic E-state index is 13.2. The highest BCUT2D eigenvalue weighted by Crippen LogP contribution is 2.34. The lowest BCUT2D eigenvalue weighted by molar-refractivity contribution is 0.0913. The largest absolute Gasteiger partial charge is 0.474 e. The average Bonchev–Trinajstić information content (AvgIpc) is 2.81. The molecule has 1 aromatic heterocycles. The third kappa shape index (κ3) is 5.16. The van der Waals surface area contributed by atoms with Gasteiger partial charge in [0.25, 0.3) is 15.9 Å². The minimum absolute atomic E-state index is 0.0354. The number of sulfonamides is 1. The molecule has 10 heteroatoms. The van der Waals surface area contributed by atoms with Crippen LogP contribution in [0.1, 0.15) is 47.3 Å². The summed E-state index contributed by atoms with van der Waals surface area (Å²) in [6.07, 6.45) is 0.603. The Kier molecular flexibility index (Phi) is 6.95. The fraction of sp³-hybridized carbons (Fsp3) is 0.308. The molecule has 0 fully saturated rings. The maximum Gasteiger partial charge on any atom is 0.264 e. The highest BCUT2D eigenvalue weighted by Gasteiger charge is 2.26. The molecule has 0 saturated heterocycles. The van der Waals surface area contributed by atoms with Crippen molar-refractivity contribution in [3.8, 4) is 23.2 Å². The Hall–Kier alpha value is -3.97. The second kappa shape index (κ2) is 9.95. The zero-order chi connectivity index (χ0) is 26.0. The molecule has 2 heterocycles. The first kappa shape index (κ1) is 25.1. The molecule has 2 aromatic carbocycles. The number of anilines is 1. The van der Waals surface area contributed by atoms with E-state index in [4.69, 9.17) is 4.74 Å². The number of nitrogens with one attached hydrogen (secondary N) is 2. The third-order valence-corrected chi connectivity index (χ3v) is 7.18. The molecule has 0 radical (unpaired) electrons. The van der Waals surface area contributed by atoms with E-state index in [2.05, 4.69) is 26.1 Å². The summed E-state index contributed by atoms with van der Waals surface area (Å²) < 4.78 is 34.8. The first-order chi connectivity index (χ1) is 17.1. The number of aromatic nitrogens is 2. The molecule has 1 atom stereocenters. The van der Waals surface area contributed by atoms with Crippen molar-refractivity contribution in [1.29, 1.82) is 5.26 Å². The quantitative estimate of drug-likeness (QED) is 0.550. The van der Waals surface area contributed by atoms with Crippen LogP contribution < -0.4 is 14.8 Å². The van der Waals surface area contributed by atoms with E-state index in [-0.39, 0.29) is 46.1 Å². The van der Waals surface area contributed by atoms with E-state index in [1.165, 1.54) is 18.2 Å². The molecule has 186 valence electrons. The highest BCUT2D eigenvalue weighted by molar-refractivity contribution is 7.92. The van der Waals surface area contributed by atoms with Crippen LogP contribution in [0.3, 0.4) is 0 Å². The molecule has 2 N–H and O–H groups in total. The van der Waals surface area contributed by atoms with Gasteiger partial charge in [0.05, 0.1) is 16.6 Å². The van der Waals surface area contributed by atoms with E-state index in [0.29, 0.717) is 12.0 Å². The van der Waals surface area contributed by atoms with Gasteiger partial charge in [-0.2, -0.15) is 10.2 Å². The molecule has 4 bridgehead atoms. The standard InChI is InChI=1S/C26H27N5O4S/c1-15(2)11-19-14-35-25-21(13-27)23(22-16(3)7-5-8-17(22)4)29-26(30-25)31-36(33,34)20-10-6-9-18(12-20)24(32)28-19/h5-10,12,15,19H,11,14H2,1-4H3,(H,28,32)(H,29,30,31)/t19-/m1/s1. The average molecular weight is 506 g/mol. The first-order valence-corrected chi connectivity index (χ1v) is 13.0. The molecule has 4 rings (SSSR count). The Balaban J connectivity index is 1.94.